The first kappa shape index (κ1) is 17.2. The number of aromatic amines is 1. The van der Waals surface area contributed by atoms with Crippen LogP contribution in [0.3, 0.4) is 0 Å². The Labute approximate surface area is 154 Å². The minimum atomic E-state index is -0.929. The Morgan fingerprint density at radius 1 is 1.37 bits per heavy atom. The van der Waals surface area contributed by atoms with Crippen LogP contribution >= 0.6 is 0 Å². The zero-order chi connectivity index (χ0) is 19.0. The Kier molecular flexibility index (Phi) is 4.33. The maximum atomic E-state index is 14.2. The Hall–Kier alpha value is -3.26. The predicted octanol–water partition coefficient (Wildman–Crippen LogP) is 2.99. The highest BCUT2D eigenvalue weighted by atomic mass is 19.1. The van der Waals surface area contributed by atoms with Crippen LogP contribution in [0.5, 0.6) is 0 Å². The molecule has 0 saturated carbocycles. The zero-order valence-electron chi connectivity index (χ0n) is 14.4. The van der Waals surface area contributed by atoms with Gasteiger partial charge in [0.15, 0.2) is 5.65 Å². The van der Waals surface area contributed by atoms with Crippen molar-refractivity contribution in [3.63, 3.8) is 0 Å². The van der Waals surface area contributed by atoms with Crippen molar-refractivity contribution < 1.29 is 14.3 Å². The molecule has 0 spiro atoms. The first-order chi connectivity index (χ1) is 13.1. The van der Waals surface area contributed by atoms with Crippen LogP contribution in [0.1, 0.15) is 17.8 Å². The number of imidazole rings is 1. The number of fused-ring (bicyclic) bond motifs is 1. The molecule has 0 aliphatic carbocycles. The number of amides is 1. The van der Waals surface area contributed by atoms with Crippen LogP contribution in [-0.4, -0.2) is 44.1 Å². The van der Waals surface area contributed by atoms with Crippen molar-refractivity contribution >= 4 is 22.8 Å². The highest BCUT2D eigenvalue weighted by molar-refractivity contribution is 5.91. The summed E-state index contributed by atoms with van der Waals surface area (Å²) in [7, 11) is 0. The van der Waals surface area contributed by atoms with Crippen molar-refractivity contribution in [1.82, 2.24) is 19.9 Å². The van der Waals surface area contributed by atoms with E-state index >= 15 is 0 Å². The van der Waals surface area contributed by atoms with Gasteiger partial charge in [-0.15, -0.1) is 0 Å². The molecule has 4 rings (SSSR count). The van der Waals surface area contributed by atoms with Gasteiger partial charge in [0.2, 0.25) is 0 Å². The molecule has 1 amide bonds. The van der Waals surface area contributed by atoms with Gasteiger partial charge in [0.05, 0.1) is 5.52 Å². The molecule has 0 fully saturated rings. The average molecular weight is 367 g/mol. The number of nitrogens with one attached hydrogen (secondary N) is 1. The van der Waals surface area contributed by atoms with E-state index in [0.717, 1.165) is 11.1 Å². The lowest BCUT2D eigenvalue weighted by molar-refractivity contribution is 0.150. The summed E-state index contributed by atoms with van der Waals surface area (Å²) in [6.07, 6.45) is 3.13. The molecule has 8 heteroatoms. The summed E-state index contributed by atoms with van der Waals surface area (Å²) in [5.41, 5.74) is 9.70. The number of hydrogen-bond donors (Lipinski definition) is 3. The summed E-state index contributed by atoms with van der Waals surface area (Å²) < 4.78 is 14.2. The van der Waals surface area contributed by atoms with Crippen molar-refractivity contribution in [2.45, 2.75) is 13.0 Å². The molecule has 2 aromatic heterocycles. The van der Waals surface area contributed by atoms with Crippen molar-refractivity contribution in [3.8, 4) is 11.1 Å². The molecule has 3 heterocycles. The standard InChI is InChI=1S/C19H18FN5O2/c20-15-9-12(1-2-13(15)10-21)14-3-6-22-18-16(14)23-17(24-18)11-4-7-25(8-5-11)19(26)27/h1-4,6,9H,5,7-8,10,21H2,(H,26,27)(H,22,23,24). The van der Waals surface area contributed by atoms with Crippen molar-refractivity contribution in [2.24, 2.45) is 5.73 Å². The Morgan fingerprint density at radius 3 is 2.89 bits per heavy atom. The lowest BCUT2D eigenvalue weighted by Crippen LogP contribution is -2.33. The summed E-state index contributed by atoms with van der Waals surface area (Å²) in [4.78, 5) is 24.5. The van der Waals surface area contributed by atoms with Gasteiger partial charge < -0.3 is 20.7 Å². The second-order valence-corrected chi connectivity index (χ2v) is 6.36. The third kappa shape index (κ3) is 3.15. The zero-order valence-corrected chi connectivity index (χ0v) is 14.4. The molecule has 1 aliphatic heterocycles. The lowest BCUT2D eigenvalue weighted by atomic mass is 10.0. The molecule has 0 bridgehead atoms. The van der Waals surface area contributed by atoms with E-state index in [4.69, 9.17) is 10.8 Å². The van der Waals surface area contributed by atoms with E-state index in [2.05, 4.69) is 15.0 Å². The summed E-state index contributed by atoms with van der Waals surface area (Å²) in [5, 5.41) is 9.06. The van der Waals surface area contributed by atoms with Crippen LogP contribution in [0.2, 0.25) is 0 Å². The molecule has 27 heavy (non-hydrogen) atoms. The quantitative estimate of drug-likeness (QED) is 0.659. The van der Waals surface area contributed by atoms with Crippen molar-refractivity contribution in [1.29, 1.82) is 0 Å². The smallest absolute Gasteiger partial charge is 0.407 e. The van der Waals surface area contributed by atoms with Crippen molar-refractivity contribution in [2.75, 3.05) is 13.1 Å². The highest BCUT2D eigenvalue weighted by Crippen LogP contribution is 2.29. The largest absolute Gasteiger partial charge is 0.465 e. The summed E-state index contributed by atoms with van der Waals surface area (Å²) in [6.45, 7) is 0.894. The number of halogens is 1. The molecular weight excluding hydrogens is 349 g/mol. The second-order valence-electron chi connectivity index (χ2n) is 6.36. The fourth-order valence-electron chi connectivity index (χ4n) is 3.24. The normalized spacial score (nSPS) is 14.4. The lowest BCUT2D eigenvalue weighted by Gasteiger charge is -2.22. The van der Waals surface area contributed by atoms with E-state index in [-0.39, 0.29) is 12.4 Å². The van der Waals surface area contributed by atoms with Crippen LogP contribution in [0, 0.1) is 5.82 Å². The summed E-state index contributed by atoms with van der Waals surface area (Å²) in [5.74, 6) is 0.317. The number of nitrogens with zero attached hydrogens (tertiary/aromatic N) is 3. The Balaban J connectivity index is 1.73. The number of nitrogens with two attached hydrogens (primary N) is 1. The van der Waals surface area contributed by atoms with Gasteiger partial charge >= 0.3 is 6.09 Å². The number of carbonyl (C=O) groups is 1. The second kappa shape index (κ2) is 6.81. The third-order valence-electron chi connectivity index (χ3n) is 4.76. The topological polar surface area (TPSA) is 108 Å². The number of H-pyrrole nitrogens is 1. The van der Waals surface area contributed by atoms with Gasteiger partial charge in [-0.2, -0.15) is 0 Å². The van der Waals surface area contributed by atoms with E-state index in [9.17, 15) is 9.18 Å². The molecule has 7 nitrogen and oxygen atoms in total. The van der Waals surface area contributed by atoms with Crippen LogP contribution in [-0.2, 0) is 6.54 Å². The SMILES string of the molecule is NCc1ccc(-c2ccnc3nc(C4=CCN(C(=O)O)CC4)[nH]c23)cc1F. The fraction of sp³-hybridized carbons (Fsp3) is 0.211. The number of rotatable bonds is 3. The number of aromatic nitrogens is 3. The van der Waals surface area contributed by atoms with Crippen molar-refractivity contribution in [3.05, 3.63) is 53.7 Å². The number of hydrogen-bond acceptors (Lipinski definition) is 4. The first-order valence-electron chi connectivity index (χ1n) is 8.57. The van der Waals surface area contributed by atoms with Gasteiger partial charge in [-0.05, 0) is 29.7 Å². The molecular formula is C19H18FN5O2. The molecule has 0 radical (unpaired) electrons. The molecule has 0 atom stereocenters. The van der Waals surface area contributed by atoms with Gasteiger partial charge in [-0.1, -0.05) is 18.2 Å². The predicted molar refractivity (Wildman–Crippen MR) is 99.4 cm³/mol. The van der Waals surface area contributed by atoms with E-state index in [0.29, 0.717) is 47.6 Å². The molecule has 0 saturated heterocycles. The minimum Gasteiger partial charge on any atom is -0.465 e. The van der Waals surface area contributed by atoms with Gasteiger partial charge in [-0.25, -0.2) is 19.2 Å². The van der Waals surface area contributed by atoms with Gasteiger partial charge in [0.25, 0.3) is 0 Å². The van der Waals surface area contributed by atoms with Gasteiger partial charge in [-0.3, -0.25) is 0 Å². The van der Waals surface area contributed by atoms with E-state index in [1.807, 2.05) is 18.2 Å². The van der Waals surface area contributed by atoms with Gasteiger partial charge in [0, 0.05) is 37.0 Å². The third-order valence-corrected chi connectivity index (χ3v) is 4.76. The first-order valence-corrected chi connectivity index (χ1v) is 8.57. The van der Waals surface area contributed by atoms with Crippen LogP contribution in [0.15, 0.2) is 36.5 Å². The van der Waals surface area contributed by atoms with E-state index in [1.165, 1.54) is 11.0 Å². The minimum absolute atomic E-state index is 0.146. The average Bonchev–Trinajstić information content (AvgIpc) is 3.12. The monoisotopic (exact) mass is 367 g/mol. The van der Waals surface area contributed by atoms with E-state index in [1.54, 1.807) is 12.3 Å². The van der Waals surface area contributed by atoms with Crippen LogP contribution < -0.4 is 5.73 Å². The maximum Gasteiger partial charge on any atom is 0.407 e. The van der Waals surface area contributed by atoms with Crippen LogP contribution in [0.25, 0.3) is 27.9 Å². The number of benzene rings is 1. The van der Waals surface area contributed by atoms with Gasteiger partial charge in [0.1, 0.15) is 11.6 Å². The summed E-state index contributed by atoms with van der Waals surface area (Å²) in [6, 6.07) is 6.77. The molecule has 3 aromatic rings. The number of carboxylic acid groups (broad SMARTS) is 1. The molecule has 1 aromatic carbocycles. The summed E-state index contributed by atoms with van der Waals surface area (Å²) >= 11 is 0. The maximum absolute atomic E-state index is 14.2. The Morgan fingerprint density at radius 2 is 2.22 bits per heavy atom. The molecule has 138 valence electrons. The highest BCUT2D eigenvalue weighted by Gasteiger charge is 2.19. The van der Waals surface area contributed by atoms with E-state index < -0.39 is 6.09 Å². The fourth-order valence-corrected chi connectivity index (χ4v) is 3.24. The number of pyridine rings is 1. The molecule has 1 aliphatic rings. The van der Waals surface area contributed by atoms with Crippen LogP contribution in [0.4, 0.5) is 9.18 Å². The molecule has 4 N–H and O–H groups in total. The molecule has 0 unspecified atom stereocenters. The Bertz CT molecular complexity index is 1060.